The summed E-state index contributed by atoms with van der Waals surface area (Å²) < 4.78 is 30.9. The first-order valence-corrected chi connectivity index (χ1v) is 7.26. The number of nitrogens with zero attached hydrogens (tertiary/aromatic N) is 1. The van der Waals surface area contributed by atoms with Crippen LogP contribution in [0.1, 0.15) is 5.56 Å². The number of rotatable bonds is 8. The highest BCUT2D eigenvalue weighted by molar-refractivity contribution is 7.89. The van der Waals surface area contributed by atoms with E-state index in [4.69, 9.17) is 9.84 Å². The molecule has 0 saturated heterocycles. The Morgan fingerprint density at radius 3 is 2.67 bits per heavy atom. The van der Waals surface area contributed by atoms with E-state index in [1.165, 1.54) is 6.92 Å². The molecule has 1 aromatic carbocycles. The Hall–Kier alpha value is -2.04. The molecule has 10 heteroatoms. The number of benzene rings is 1. The van der Waals surface area contributed by atoms with Gasteiger partial charge in [0.1, 0.15) is 6.61 Å². The van der Waals surface area contributed by atoms with E-state index < -0.39 is 27.5 Å². The molecular formula is C11H14N2O7S. The Morgan fingerprint density at radius 2 is 2.14 bits per heavy atom. The van der Waals surface area contributed by atoms with Crippen LogP contribution in [0.5, 0.6) is 0 Å². The maximum Gasteiger partial charge on any atom is 0.329 e. The van der Waals surface area contributed by atoms with Gasteiger partial charge in [-0.3, -0.25) is 10.1 Å². The third-order valence-corrected chi connectivity index (χ3v) is 4.04. The number of carboxylic acids is 1. The second-order valence-electron chi connectivity index (χ2n) is 4.05. The van der Waals surface area contributed by atoms with Gasteiger partial charge >= 0.3 is 5.97 Å². The predicted octanol–water partition coefficient (Wildman–Crippen LogP) is 0.283. The van der Waals surface area contributed by atoms with Gasteiger partial charge in [-0.2, -0.15) is 0 Å². The van der Waals surface area contributed by atoms with Crippen molar-refractivity contribution in [2.75, 3.05) is 19.8 Å². The van der Waals surface area contributed by atoms with Crippen molar-refractivity contribution in [2.24, 2.45) is 0 Å². The lowest BCUT2D eigenvalue weighted by atomic mass is 10.2. The first kappa shape index (κ1) is 17.0. The Kier molecular flexibility index (Phi) is 5.76. The topological polar surface area (TPSA) is 136 Å². The third kappa shape index (κ3) is 5.10. The van der Waals surface area contributed by atoms with Gasteiger partial charge in [-0.25, -0.2) is 17.9 Å². The van der Waals surface area contributed by atoms with Crippen LogP contribution in [0.25, 0.3) is 0 Å². The number of sulfonamides is 1. The van der Waals surface area contributed by atoms with Gasteiger partial charge in [0.15, 0.2) is 0 Å². The molecule has 2 N–H and O–H groups in total. The number of hydrogen-bond donors (Lipinski definition) is 2. The van der Waals surface area contributed by atoms with E-state index in [1.54, 1.807) is 0 Å². The van der Waals surface area contributed by atoms with E-state index >= 15 is 0 Å². The molecule has 116 valence electrons. The Balaban J connectivity index is 2.70. The lowest BCUT2D eigenvalue weighted by Gasteiger charge is -2.09. The number of nitro groups is 1. The first-order valence-electron chi connectivity index (χ1n) is 5.78. The minimum Gasteiger partial charge on any atom is -0.480 e. The van der Waals surface area contributed by atoms with Gasteiger partial charge in [0.05, 0.1) is 16.4 Å². The van der Waals surface area contributed by atoms with Crippen molar-refractivity contribution >= 4 is 21.7 Å². The lowest BCUT2D eigenvalue weighted by Crippen LogP contribution is -2.28. The van der Waals surface area contributed by atoms with Crippen molar-refractivity contribution in [3.63, 3.8) is 0 Å². The Morgan fingerprint density at radius 1 is 1.48 bits per heavy atom. The maximum absolute atomic E-state index is 12.0. The van der Waals surface area contributed by atoms with Crippen LogP contribution in [-0.2, 0) is 19.6 Å². The molecule has 1 rings (SSSR count). The van der Waals surface area contributed by atoms with Crippen LogP contribution in [-0.4, -0.2) is 44.2 Å². The average molecular weight is 318 g/mol. The zero-order valence-corrected chi connectivity index (χ0v) is 11.9. The molecule has 0 aliphatic rings. The number of carboxylic acid groups (broad SMARTS) is 1. The molecule has 0 spiro atoms. The van der Waals surface area contributed by atoms with E-state index in [-0.39, 0.29) is 29.3 Å². The summed E-state index contributed by atoms with van der Waals surface area (Å²) >= 11 is 0. The van der Waals surface area contributed by atoms with Crippen molar-refractivity contribution in [3.05, 3.63) is 33.9 Å². The summed E-state index contributed by atoms with van der Waals surface area (Å²) in [5.74, 6) is -1.15. The molecule has 0 bridgehead atoms. The quantitative estimate of drug-likeness (QED) is 0.399. The van der Waals surface area contributed by atoms with Crippen molar-refractivity contribution in [1.82, 2.24) is 4.72 Å². The highest BCUT2D eigenvalue weighted by atomic mass is 32.2. The van der Waals surface area contributed by atoms with Crippen LogP contribution in [0.15, 0.2) is 23.1 Å². The first-order chi connectivity index (χ1) is 9.74. The molecular weight excluding hydrogens is 304 g/mol. The van der Waals surface area contributed by atoms with Gasteiger partial charge in [0, 0.05) is 18.7 Å². The van der Waals surface area contributed by atoms with Gasteiger partial charge in [0.2, 0.25) is 10.0 Å². The van der Waals surface area contributed by atoms with E-state index in [0.717, 1.165) is 18.2 Å². The summed E-state index contributed by atoms with van der Waals surface area (Å²) in [6.07, 6.45) is 0. The summed E-state index contributed by atoms with van der Waals surface area (Å²) in [6, 6.07) is 3.41. The van der Waals surface area contributed by atoms with E-state index in [0.29, 0.717) is 0 Å². The van der Waals surface area contributed by atoms with Crippen molar-refractivity contribution < 1.29 is 28.0 Å². The number of nitrogens with one attached hydrogen (secondary N) is 1. The average Bonchev–Trinajstić information content (AvgIpc) is 2.37. The fourth-order valence-electron chi connectivity index (χ4n) is 1.53. The van der Waals surface area contributed by atoms with Gasteiger partial charge in [-0.1, -0.05) is 0 Å². The molecule has 0 amide bonds. The third-order valence-electron chi connectivity index (χ3n) is 2.42. The molecule has 21 heavy (non-hydrogen) atoms. The smallest absolute Gasteiger partial charge is 0.329 e. The Labute approximate surface area is 120 Å². The second-order valence-corrected chi connectivity index (χ2v) is 5.79. The number of ether oxygens (including phenoxy) is 1. The zero-order chi connectivity index (χ0) is 16.0. The molecule has 0 aromatic heterocycles. The van der Waals surface area contributed by atoms with Crippen LogP contribution < -0.4 is 4.72 Å². The molecule has 0 aliphatic carbocycles. The summed E-state index contributed by atoms with van der Waals surface area (Å²) in [5, 5.41) is 18.9. The SMILES string of the molecule is Cc1cc([N+](=O)[O-])ccc1S(=O)(=O)NCCOCC(=O)O. The highest BCUT2D eigenvalue weighted by Gasteiger charge is 2.18. The molecule has 0 unspecified atom stereocenters. The largest absolute Gasteiger partial charge is 0.480 e. The zero-order valence-electron chi connectivity index (χ0n) is 11.1. The number of aliphatic carboxylic acids is 1. The van der Waals surface area contributed by atoms with Crippen molar-refractivity contribution in [2.45, 2.75) is 11.8 Å². The van der Waals surface area contributed by atoms with Gasteiger partial charge in [-0.15, -0.1) is 0 Å². The summed E-state index contributed by atoms with van der Waals surface area (Å²) in [6.45, 7) is 0.727. The maximum atomic E-state index is 12.0. The van der Waals surface area contributed by atoms with Gasteiger partial charge in [-0.05, 0) is 18.6 Å². The fourth-order valence-corrected chi connectivity index (χ4v) is 2.77. The van der Waals surface area contributed by atoms with Gasteiger partial charge < -0.3 is 9.84 Å². The molecule has 0 radical (unpaired) electrons. The number of non-ortho nitro benzene ring substituents is 1. The van der Waals surface area contributed by atoms with E-state index in [1.807, 2.05) is 0 Å². The molecule has 0 heterocycles. The van der Waals surface area contributed by atoms with E-state index in [9.17, 15) is 23.3 Å². The molecule has 1 aromatic rings. The Bertz CT molecular complexity index is 642. The fraction of sp³-hybridized carbons (Fsp3) is 0.364. The van der Waals surface area contributed by atoms with Crippen LogP contribution in [0.4, 0.5) is 5.69 Å². The predicted molar refractivity (Wildman–Crippen MR) is 71.5 cm³/mol. The van der Waals surface area contributed by atoms with Crippen molar-refractivity contribution in [3.8, 4) is 0 Å². The number of aryl methyl sites for hydroxylation is 1. The second kappa shape index (κ2) is 7.11. The number of hydrogen-bond acceptors (Lipinski definition) is 6. The van der Waals surface area contributed by atoms with Crippen molar-refractivity contribution in [1.29, 1.82) is 0 Å². The highest BCUT2D eigenvalue weighted by Crippen LogP contribution is 2.20. The van der Waals surface area contributed by atoms with Crippen LogP contribution in [0.2, 0.25) is 0 Å². The van der Waals surface area contributed by atoms with Crippen LogP contribution in [0, 0.1) is 17.0 Å². The molecule has 0 aliphatic heterocycles. The standard InChI is InChI=1S/C11H14N2O7S/c1-8-6-9(13(16)17)2-3-10(8)21(18,19)12-4-5-20-7-11(14)15/h2-3,6,12H,4-5,7H2,1H3,(H,14,15). The number of nitro benzene ring substituents is 1. The van der Waals surface area contributed by atoms with Gasteiger partial charge in [0.25, 0.3) is 5.69 Å². The summed E-state index contributed by atoms with van der Waals surface area (Å²) in [7, 11) is -3.83. The minimum atomic E-state index is -3.83. The molecule has 0 atom stereocenters. The van der Waals surface area contributed by atoms with Crippen LogP contribution >= 0.6 is 0 Å². The van der Waals surface area contributed by atoms with E-state index in [2.05, 4.69) is 4.72 Å². The molecule has 0 saturated carbocycles. The molecule has 0 fully saturated rings. The summed E-state index contributed by atoms with van der Waals surface area (Å²) in [5.41, 5.74) is 0.0411. The monoisotopic (exact) mass is 318 g/mol. The minimum absolute atomic E-state index is 0.0775. The lowest BCUT2D eigenvalue weighted by molar-refractivity contribution is -0.385. The normalized spacial score (nSPS) is 11.3. The molecule has 9 nitrogen and oxygen atoms in total. The summed E-state index contributed by atoms with van der Waals surface area (Å²) in [4.78, 5) is 20.1. The van der Waals surface area contributed by atoms with Crippen LogP contribution in [0.3, 0.4) is 0 Å². The number of carbonyl (C=O) groups is 1.